The van der Waals surface area contributed by atoms with E-state index < -0.39 is 46.9 Å². The summed E-state index contributed by atoms with van der Waals surface area (Å²) in [5.74, 6) is 1.96. The first kappa shape index (κ1) is 67.3. The number of hydrogen-bond acceptors (Lipinski definition) is 14. The Hall–Kier alpha value is 2.03. The van der Waals surface area contributed by atoms with Crippen molar-refractivity contribution in [2.45, 2.75) is 163 Å². The fourth-order valence-electron chi connectivity index (χ4n) is 7.21. The standard InChI is InChI=1S/C22H46O6Si2.C14H34O8Si2.3CH4.2H4P2/c1-17-15-19(7-9-21(17)23)11-13-29(6,25-3)28-30(26-4,27-5)14-12-20-8-10-22(24)18(2)16-20;1-13(15)11-20-7-9-23(6,17-3)22-24(18-4,19-5)10-8-21-12-14(2)16;;;;2*1-2/h17-24H,7-16H2,1-6H3;13-16H,7-12H2,1-6H3;3*1H4;2*1-2H2/i;;;;;2*1D. The van der Waals surface area contributed by atoms with Crippen LogP contribution in [0, 0.1) is 23.7 Å². The van der Waals surface area contributed by atoms with Gasteiger partial charge in [-0.05, 0) is 108 Å². The second-order valence-electron chi connectivity index (χ2n) is 15.9. The highest BCUT2D eigenvalue weighted by molar-refractivity contribution is 7.92. The van der Waals surface area contributed by atoms with E-state index in [9.17, 15) is 20.4 Å². The van der Waals surface area contributed by atoms with E-state index in [2.05, 4.69) is 38.3 Å². The maximum Gasteiger partial charge on any atom is 0.493 e. The molecule has 14 atom stereocenters. The van der Waals surface area contributed by atoms with E-state index in [4.69, 9.17) is 46.8 Å². The summed E-state index contributed by atoms with van der Waals surface area (Å²) in [6, 6.07) is 2.77. The average molecular weight is 1030 g/mol. The van der Waals surface area contributed by atoms with Crippen molar-refractivity contribution < 1.29 is 64.7 Å². The first-order chi connectivity index (χ1) is 28.2. The molecule has 0 aromatic carbocycles. The minimum absolute atomic E-state index is 0. The van der Waals surface area contributed by atoms with Crippen molar-refractivity contribution in [2.24, 2.45) is 23.7 Å². The third-order valence-electron chi connectivity index (χ3n) is 11.2. The molecule has 0 spiro atoms. The second-order valence-corrected chi connectivity index (χ2v) is 29.3. The van der Waals surface area contributed by atoms with Gasteiger partial charge in [-0.25, -0.2) is 0 Å². The van der Waals surface area contributed by atoms with Crippen LogP contribution in [0.15, 0.2) is 0 Å². The summed E-state index contributed by atoms with van der Waals surface area (Å²) in [6.07, 6.45) is 6.85. The molecule has 0 radical (unpaired) electrons. The molecule has 14 nitrogen and oxygen atoms in total. The lowest BCUT2D eigenvalue weighted by atomic mass is 9.79. The highest BCUT2D eigenvalue weighted by atomic mass is 32.0. The third kappa shape index (κ3) is 30.2. The molecule has 0 aliphatic heterocycles. The molecule has 0 bridgehead atoms. The van der Waals surface area contributed by atoms with E-state index in [1.54, 1.807) is 56.5 Å². The summed E-state index contributed by atoms with van der Waals surface area (Å²) in [6.45, 7) is 13.0. The molecule has 0 aromatic rings. The Morgan fingerprint density at radius 2 is 0.902 bits per heavy atom. The monoisotopic (exact) mass is 1030 g/mol. The van der Waals surface area contributed by atoms with Crippen molar-refractivity contribution in [2.75, 3.05) is 69.1 Å². The van der Waals surface area contributed by atoms with Crippen LogP contribution < -0.4 is 0 Å². The quantitative estimate of drug-likeness (QED) is 0.0370. The topological polar surface area (TPSA) is 173 Å². The van der Waals surface area contributed by atoms with Crippen LogP contribution >= 0.6 is 35.6 Å². The highest BCUT2D eigenvalue weighted by Gasteiger charge is 2.49. The second kappa shape index (κ2) is 40.0. The van der Waals surface area contributed by atoms with Crippen molar-refractivity contribution in [3.8, 4) is 0 Å². The van der Waals surface area contributed by atoms with Crippen LogP contribution in [0.3, 0.4) is 0 Å². The van der Waals surface area contributed by atoms with Crippen molar-refractivity contribution in [3.63, 3.8) is 0 Å². The smallest absolute Gasteiger partial charge is 0.398 e. The molecule has 0 saturated heterocycles. The van der Waals surface area contributed by atoms with Gasteiger partial charge in [-0.2, -0.15) is 0 Å². The molecular formula is C39H100O14P4Si4. The number of ether oxygens (including phenoxy) is 2. The Kier molecular flexibility index (Phi) is 44.1. The van der Waals surface area contributed by atoms with E-state index in [0.29, 0.717) is 49.0 Å². The summed E-state index contributed by atoms with van der Waals surface area (Å²) in [5, 5.41) is 38.5. The summed E-state index contributed by atoms with van der Waals surface area (Å²) in [7, 11) is 4.22. The van der Waals surface area contributed by atoms with Gasteiger partial charge in [0, 0.05) is 67.4 Å². The van der Waals surface area contributed by atoms with Crippen molar-refractivity contribution >= 4 is 70.3 Å². The van der Waals surface area contributed by atoms with Gasteiger partial charge in [0.05, 0.1) is 46.8 Å². The SMILES string of the molecule is C.C.C.CO[Si](C)(CCC1CCC(O)C(C)C1)O[Si](CCC1CCC(O)C(C)C1)(OC)OC.CO[Si](C)(CCOCC(C)O)O[Si](CCOCC(C)O)(OC)OC.[2H]PP.[2H]PP. The molecule has 0 heterocycles. The number of rotatable bonds is 26. The zero-order valence-corrected chi connectivity index (χ0v) is 46.3. The Bertz CT molecular complexity index is 1030. The van der Waals surface area contributed by atoms with E-state index in [1.165, 1.54) is 0 Å². The summed E-state index contributed by atoms with van der Waals surface area (Å²) < 4.78 is 70.6. The van der Waals surface area contributed by atoms with Crippen LogP contribution in [0.25, 0.3) is 0 Å². The Labute approximate surface area is 391 Å². The van der Waals surface area contributed by atoms with Crippen molar-refractivity contribution in [3.05, 3.63) is 0 Å². The molecule has 2 aliphatic rings. The van der Waals surface area contributed by atoms with Gasteiger partial charge in [-0.15, -0.1) is 35.6 Å². The normalized spacial score (nSPS) is 25.2. The Morgan fingerprint density at radius 3 is 1.23 bits per heavy atom. The van der Waals surface area contributed by atoms with E-state index in [1.807, 2.05) is 6.55 Å². The molecule has 61 heavy (non-hydrogen) atoms. The average Bonchev–Trinajstić information content (AvgIpc) is 3.22. The molecule has 0 aromatic heterocycles. The predicted octanol–water partition coefficient (Wildman–Crippen LogP) is 8.29. The van der Waals surface area contributed by atoms with Crippen LogP contribution in [0.5, 0.6) is 0 Å². The third-order valence-corrected chi connectivity index (χ3v) is 25.3. The molecule has 14 unspecified atom stereocenters. The van der Waals surface area contributed by atoms with Gasteiger partial charge >= 0.3 is 34.7 Å². The summed E-state index contributed by atoms with van der Waals surface area (Å²) in [4.78, 5) is 0. The Morgan fingerprint density at radius 1 is 0.574 bits per heavy atom. The van der Waals surface area contributed by atoms with Crippen LogP contribution in [-0.2, 0) is 44.3 Å². The zero-order valence-electron chi connectivity index (χ0n) is 40.0. The van der Waals surface area contributed by atoms with Gasteiger partial charge in [0.1, 0.15) is 0 Å². The van der Waals surface area contributed by atoms with Crippen LogP contribution in [-0.4, -0.2) is 151 Å². The lowest BCUT2D eigenvalue weighted by Crippen LogP contribution is -2.55. The molecule has 2 fully saturated rings. The van der Waals surface area contributed by atoms with Crippen LogP contribution in [0.1, 0.15) is 101 Å². The first-order valence-electron chi connectivity index (χ1n) is 21.5. The minimum Gasteiger partial charge on any atom is -0.398 e. The highest BCUT2D eigenvalue weighted by Crippen LogP contribution is 2.37. The van der Waals surface area contributed by atoms with Gasteiger partial charge in [-0.1, -0.05) is 36.1 Å². The predicted molar refractivity (Wildman–Crippen MR) is 276 cm³/mol. The van der Waals surface area contributed by atoms with Gasteiger partial charge in [-0.3, -0.25) is 0 Å². The van der Waals surface area contributed by atoms with E-state index in [0.717, 1.165) is 63.5 Å². The summed E-state index contributed by atoms with van der Waals surface area (Å²) in [5.41, 5.74) is 0. The lowest BCUT2D eigenvalue weighted by molar-refractivity contribution is 0.0421. The molecule has 22 heteroatoms. The molecule has 2 aliphatic carbocycles. The fraction of sp³-hybridized carbons (Fsp3) is 1.00. The van der Waals surface area contributed by atoms with E-state index >= 15 is 0 Å². The fourth-order valence-corrected chi connectivity index (χ4v) is 20.3. The molecule has 2 saturated carbocycles. The van der Waals surface area contributed by atoms with Gasteiger partial charge in [0.15, 0.2) is 0 Å². The minimum atomic E-state index is -2.93. The first-order valence-corrected chi connectivity index (χ1v) is 34.1. The molecule has 0 amide bonds. The largest absolute Gasteiger partial charge is 0.493 e. The Balaban J connectivity index is -0.000000309. The lowest BCUT2D eigenvalue weighted by Gasteiger charge is -2.38. The number of hydrogen-bond donors (Lipinski definition) is 4. The van der Waals surface area contributed by atoms with Crippen molar-refractivity contribution in [1.82, 2.24) is 0 Å². The van der Waals surface area contributed by atoms with Gasteiger partial charge < -0.3 is 64.7 Å². The molecular weight excluding hydrogens is 929 g/mol. The van der Waals surface area contributed by atoms with E-state index in [-0.39, 0.29) is 65.4 Å². The van der Waals surface area contributed by atoms with Crippen molar-refractivity contribution in [1.29, 1.82) is 2.56 Å². The number of aliphatic hydroxyl groups is 4. The number of aliphatic hydroxyl groups excluding tert-OH is 4. The van der Waals surface area contributed by atoms with Gasteiger partial charge in [0.2, 0.25) is 0 Å². The molecule has 376 valence electrons. The zero-order chi connectivity index (χ0) is 46.4. The maximum absolute atomic E-state index is 10.0. The van der Waals surface area contributed by atoms with Gasteiger partial charge in [0.25, 0.3) is 0 Å². The molecule has 4 N–H and O–H groups in total. The van der Waals surface area contributed by atoms with Crippen LogP contribution in [0.4, 0.5) is 0 Å². The molecule has 2 rings (SSSR count). The maximum atomic E-state index is 10.0. The summed E-state index contributed by atoms with van der Waals surface area (Å²) >= 11 is 0. The van der Waals surface area contributed by atoms with Crippen LogP contribution in [0.2, 0.25) is 37.3 Å².